The van der Waals surface area contributed by atoms with Crippen molar-refractivity contribution >= 4 is 34.1 Å². The topological polar surface area (TPSA) is 76.1 Å². The number of halogens is 1. The van der Waals surface area contributed by atoms with Gasteiger partial charge in [-0.1, -0.05) is 18.5 Å². The van der Waals surface area contributed by atoms with Crippen LogP contribution in [-0.2, 0) is 0 Å². The molecule has 0 saturated carbocycles. The standard InChI is InChI=1S/C14H17ClN4O2S/c1-3-14(2,9-21-11-10(15)5-4-6-16-11)19-12(20)18-13-17-7-8-22-13/h4-8H,3,9H2,1-2H3,(H2,17,18,19,20)/t14-/m1/s1. The summed E-state index contributed by atoms with van der Waals surface area (Å²) in [6.45, 7) is 4.11. The molecule has 2 N–H and O–H groups in total. The zero-order valence-electron chi connectivity index (χ0n) is 12.3. The molecule has 8 heteroatoms. The first-order valence-electron chi connectivity index (χ1n) is 6.74. The number of carbonyl (C=O) groups excluding carboxylic acids is 1. The van der Waals surface area contributed by atoms with Crippen molar-refractivity contribution in [3.63, 3.8) is 0 Å². The molecule has 118 valence electrons. The number of pyridine rings is 1. The molecule has 1 atom stereocenters. The van der Waals surface area contributed by atoms with Crippen molar-refractivity contribution in [2.75, 3.05) is 11.9 Å². The van der Waals surface area contributed by atoms with Crippen LogP contribution < -0.4 is 15.4 Å². The van der Waals surface area contributed by atoms with Gasteiger partial charge in [0.1, 0.15) is 11.6 Å². The van der Waals surface area contributed by atoms with E-state index in [4.69, 9.17) is 16.3 Å². The highest BCUT2D eigenvalue weighted by molar-refractivity contribution is 7.13. The van der Waals surface area contributed by atoms with Crippen LogP contribution >= 0.6 is 22.9 Å². The molecule has 6 nitrogen and oxygen atoms in total. The highest BCUT2D eigenvalue weighted by atomic mass is 35.5. The predicted octanol–water partition coefficient (Wildman–Crippen LogP) is 3.56. The van der Waals surface area contributed by atoms with E-state index in [2.05, 4.69) is 20.6 Å². The first-order chi connectivity index (χ1) is 10.5. The van der Waals surface area contributed by atoms with E-state index in [9.17, 15) is 4.79 Å². The Morgan fingerprint density at radius 2 is 2.27 bits per heavy atom. The van der Waals surface area contributed by atoms with E-state index in [0.717, 1.165) is 0 Å². The van der Waals surface area contributed by atoms with Gasteiger partial charge in [0.2, 0.25) is 5.88 Å². The Kier molecular flexibility index (Phi) is 5.57. The van der Waals surface area contributed by atoms with Gasteiger partial charge >= 0.3 is 6.03 Å². The second-order valence-electron chi connectivity index (χ2n) is 4.91. The molecule has 0 aliphatic heterocycles. The van der Waals surface area contributed by atoms with E-state index in [1.165, 1.54) is 11.3 Å². The van der Waals surface area contributed by atoms with Crippen molar-refractivity contribution in [2.24, 2.45) is 0 Å². The van der Waals surface area contributed by atoms with Crippen LogP contribution in [0.2, 0.25) is 5.02 Å². The fraction of sp³-hybridized carbons (Fsp3) is 0.357. The van der Waals surface area contributed by atoms with Crippen LogP contribution in [0, 0.1) is 0 Å². The zero-order valence-corrected chi connectivity index (χ0v) is 13.9. The first-order valence-corrected chi connectivity index (χ1v) is 8.00. The van der Waals surface area contributed by atoms with Crippen LogP contribution in [-0.4, -0.2) is 28.1 Å². The van der Waals surface area contributed by atoms with Gasteiger partial charge in [-0.15, -0.1) is 11.3 Å². The SMILES string of the molecule is CC[C@](C)(COc1ncccc1Cl)NC(=O)Nc1nccs1. The summed E-state index contributed by atoms with van der Waals surface area (Å²) >= 11 is 7.36. The minimum Gasteiger partial charge on any atom is -0.474 e. The summed E-state index contributed by atoms with van der Waals surface area (Å²) in [6, 6.07) is 3.11. The fourth-order valence-electron chi connectivity index (χ4n) is 1.62. The maximum Gasteiger partial charge on any atom is 0.321 e. The number of aromatic nitrogens is 2. The summed E-state index contributed by atoms with van der Waals surface area (Å²) in [6.07, 6.45) is 3.92. The Bertz CT molecular complexity index is 623. The Morgan fingerprint density at radius 1 is 1.45 bits per heavy atom. The van der Waals surface area contributed by atoms with E-state index in [0.29, 0.717) is 22.5 Å². The zero-order chi connectivity index (χ0) is 16.0. The van der Waals surface area contributed by atoms with Crippen LogP contribution in [0.25, 0.3) is 0 Å². The van der Waals surface area contributed by atoms with Gasteiger partial charge in [0.05, 0.1) is 5.54 Å². The van der Waals surface area contributed by atoms with Crippen LogP contribution in [0.1, 0.15) is 20.3 Å². The summed E-state index contributed by atoms with van der Waals surface area (Å²) in [5.74, 6) is 0.353. The highest BCUT2D eigenvalue weighted by Crippen LogP contribution is 2.22. The van der Waals surface area contributed by atoms with Gasteiger partial charge in [-0.05, 0) is 25.5 Å². The molecule has 2 rings (SSSR count). The number of rotatable bonds is 6. The summed E-state index contributed by atoms with van der Waals surface area (Å²) in [5.41, 5.74) is -0.553. The Balaban J connectivity index is 1.93. The van der Waals surface area contributed by atoms with Gasteiger partial charge in [-0.3, -0.25) is 5.32 Å². The summed E-state index contributed by atoms with van der Waals surface area (Å²) in [5, 5.41) is 8.35. The van der Waals surface area contributed by atoms with Crippen LogP contribution in [0.3, 0.4) is 0 Å². The molecule has 0 bridgehead atoms. The largest absolute Gasteiger partial charge is 0.474 e. The number of hydrogen-bond acceptors (Lipinski definition) is 5. The lowest BCUT2D eigenvalue weighted by Gasteiger charge is -2.29. The summed E-state index contributed by atoms with van der Waals surface area (Å²) in [4.78, 5) is 20.1. The van der Waals surface area contributed by atoms with Gasteiger partial charge in [0.25, 0.3) is 0 Å². The number of ether oxygens (including phenoxy) is 1. The number of nitrogens with one attached hydrogen (secondary N) is 2. The number of thiazole rings is 1. The lowest BCUT2D eigenvalue weighted by Crippen LogP contribution is -2.51. The molecule has 0 aliphatic carbocycles. The van der Waals surface area contributed by atoms with E-state index in [-0.39, 0.29) is 12.6 Å². The fourth-order valence-corrected chi connectivity index (χ4v) is 2.32. The van der Waals surface area contributed by atoms with Crippen LogP contribution in [0.5, 0.6) is 5.88 Å². The maximum atomic E-state index is 12.0. The molecule has 2 aromatic rings. The summed E-state index contributed by atoms with van der Waals surface area (Å²) in [7, 11) is 0. The number of nitrogens with zero attached hydrogens (tertiary/aromatic N) is 2. The second-order valence-corrected chi connectivity index (χ2v) is 6.21. The Hall–Kier alpha value is -1.86. The minimum absolute atomic E-state index is 0.255. The van der Waals surface area contributed by atoms with Crippen molar-refractivity contribution in [1.82, 2.24) is 15.3 Å². The molecule has 0 unspecified atom stereocenters. The number of amides is 2. The van der Waals surface area contributed by atoms with Crippen molar-refractivity contribution in [2.45, 2.75) is 25.8 Å². The van der Waals surface area contributed by atoms with Crippen LogP contribution in [0.15, 0.2) is 29.9 Å². The third kappa shape index (κ3) is 4.57. The number of carbonyl (C=O) groups is 1. The molecule has 0 spiro atoms. The van der Waals surface area contributed by atoms with Gasteiger partial charge in [0, 0.05) is 17.8 Å². The molecule has 0 radical (unpaired) electrons. The summed E-state index contributed by atoms with van der Waals surface area (Å²) < 4.78 is 5.63. The number of anilines is 1. The molecule has 0 fully saturated rings. The van der Waals surface area contributed by atoms with Gasteiger partial charge in [-0.25, -0.2) is 14.8 Å². The van der Waals surface area contributed by atoms with Gasteiger partial charge < -0.3 is 10.1 Å². The average molecular weight is 341 g/mol. The lowest BCUT2D eigenvalue weighted by atomic mass is 10.0. The van der Waals surface area contributed by atoms with E-state index < -0.39 is 5.54 Å². The van der Waals surface area contributed by atoms with Crippen molar-refractivity contribution < 1.29 is 9.53 Å². The number of urea groups is 1. The smallest absolute Gasteiger partial charge is 0.321 e. The van der Waals surface area contributed by atoms with Gasteiger partial charge in [0.15, 0.2) is 5.13 Å². The maximum absolute atomic E-state index is 12.0. The van der Waals surface area contributed by atoms with Crippen molar-refractivity contribution in [3.05, 3.63) is 34.9 Å². The molecular formula is C14H17ClN4O2S. The average Bonchev–Trinajstić information content (AvgIpc) is 2.99. The van der Waals surface area contributed by atoms with Crippen molar-refractivity contribution in [3.8, 4) is 5.88 Å². The molecule has 2 aromatic heterocycles. The lowest BCUT2D eigenvalue weighted by molar-refractivity contribution is 0.183. The van der Waals surface area contributed by atoms with Crippen LogP contribution in [0.4, 0.5) is 9.93 Å². The molecule has 22 heavy (non-hydrogen) atoms. The molecule has 2 amide bonds. The molecule has 2 heterocycles. The van der Waals surface area contributed by atoms with E-state index in [1.807, 2.05) is 13.8 Å². The normalized spacial score (nSPS) is 13.2. The van der Waals surface area contributed by atoms with E-state index in [1.54, 1.807) is 29.9 Å². The minimum atomic E-state index is -0.553. The molecule has 0 saturated heterocycles. The third-order valence-electron chi connectivity index (χ3n) is 3.10. The third-order valence-corrected chi connectivity index (χ3v) is 4.08. The Morgan fingerprint density at radius 3 is 2.91 bits per heavy atom. The predicted molar refractivity (Wildman–Crippen MR) is 87.7 cm³/mol. The highest BCUT2D eigenvalue weighted by Gasteiger charge is 2.26. The van der Waals surface area contributed by atoms with Crippen molar-refractivity contribution in [1.29, 1.82) is 0 Å². The monoisotopic (exact) mass is 340 g/mol. The van der Waals surface area contributed by atoms with Gasteiger partial charge in [-0.2, -0.15) is 0 Å². The molecular weight excluding hydrogens is 324 g/mol. The second kappa shape index (κ2) is 7.42. The first kappa shape index (κ1) is 16.5. The molecule has 0 aromatic carbocycles. The van der Waals surface area contributed by atoms with E-state index >= 15 is 0 Å². The Labute approximate surface area is 137 Å². The quantitative estimate of drug-likeness (QED) is 0.843. The number of hydrogen-bond donors (Lipinski definition) is 2. The molecule has 0 aliphatic rings.